The highest BCUT2D eigenvalue weighted by molar-refractivity contribution is 5.37. The first kappa shape index (κ1) is 14.0. The third kappa shape index (κ3) is 4.33. The summed E-state index contributed by atoms with van der Waals surface area (Å²) in [4.78, 5) is 8.20. The summed E-state index contributed by atoms with van der Waals surface area (Å²) in [7, 11) is 0. The van der Waals surface area contributed by atoms with E-state index in [4.69, 9.17) is 14.2 Å². The minimum Gasteiger partial charge on any atom is -0.475 e. The van der Waals surface area contributed by atoms with E-state index in [0.717, 1.165) is 5.82 Å². The fourth-order valence-corrected chi connectivity index (χ4v) is 1.82. The van der Waals surface area contributed by atoms with E-state index in [1.807, 2.05) is 27.7 Å². The third-order valence-corrected chi connectivity index (χ3v) is 2.58. The van der Waals surface area contributed by atoms with Gasteiger partial charge in [-0.3, -0.25) is 0 Å². The van der Waals surface area contributed by atoms with E-state index in [0.29, 0.717) is 19.0 Å². The van der Waals surface area contributed by atoms with Crippen molar-refractivity contribution in [3.8, 4) is 5.88 Å². The van der Waals surface area contributed by atoms with Gasteiger partial charge in [-0.05, 0) is 27.7 Å². The molecule has 1 aromatic heterocycles. The predicted octanol–water partition coefficient (Wildman–Crippen LogP) is 1.83. The van der Waals surface area contributed by atoms with Gasteiger partial charge in [0.1, 0.15) is 18.2 Å². The molecule has 19 heavy (non-hydrogen) atoms. The lowest BCUT2D eigenvalue weighted by Gasteiger charge is -2.17. The van der Waals surface area contributed by atoms with Crippen LogP contribution in [0.5, 0.6) is 5.88 Å². The van der Waals surface area contributed by atoms with Crippen molar-refractivity contribution in [1.82, 2.24) is 9.97 Å². The molecule has 1 saturated heterocycles. The van der Waals surface area contributed by atoms with Crippen LogP contribution < -0.4 is 10.1 Å². The zero-order chi connectivity index (χ0) is 13.9. The Morgan fingerprint density at radius 2 is 2.26 bits per heavy atom. The number of nitrogens with one attached hydrogen (secondary N) is 1. The molecule has 1 fully saturated rings. The number of ether oxygens (including phenoxy) is 3. The Balaban J connectivity index is 1.86. The molecule has 1 unspecified atom stereocenters. The van der Waals surface area contributed by atoms with Crippen molar-refractivity contribution >= 4 is 5.82 Å². The maximum absolute atomic E-state index is 5.71. The van der Waals surface area contributed by atoms with Gasteiger partial charge in [-0.1, -0.05) is 0 Å². The summed E-state index contributed by atoms with van der Waals surface area (Å²) in [6.45, 7) is 8.96. The van der Waals surface area contributed by atoms with Crippen LogP contribution in [0.25, 0.3) is 0 Å². The molecule has 6 heteroatoms. The van der Waals surface area contributed by atoms with Gasteiger partial charge in [0.25, 0.3) is 0 Å². The number of aromatic nitrogens is 2. The van der Waals surface area contributed by atoms with Gasteiger partial charge in [-0.25, -0.2) is 9.97 Å². The predicted molar refractivity (Wildman–Crippen MR) is 71.2 cm³/mol. The summed E-state index contributed by atoms with van der Waals surface area (Å²) in [6, 6.07) is 1.78. The van der Waals surface area contributed by atoms with Gasteiger partial charge >= 0.3 is 0 Å². The Morgan fingerprint density at radius 3 is 2.89 bits per heavy atom. The molecule has 2 heterocycles. The van der Waals surface area contributed by atoms with Crippen LogP contribution in [0.15, 0.2) is 12.4 Å². The van der Waals surface area contributed by atoms with E-state index in [-0.39, 0.29) is 12.2 Å². The highest BCUT2D eigenvalue weighted by atomic mass is 16.7. The standard InChI is InChI=1S/C13H21N3O3/c1-9(2)18-12-5-11(15-8-16-12)14-6-10-7-17-13(3,4)19-10/h5,8-10H,6-7H2,1-4H3,(H,14,15,16). The summed E-state index contributed by atoms with van der Waals surface area (Å²) in [6.07, 6.45) is 1.60. The zero-order valence-electron chi connectivity index (χ0n) is 11.8. The molecule has 0 radical (unpaired) electrons. The molecule has 0 amide bonds. The highest BCUT2D eigenvalue weighted by Gasteiger charge is 2.32. The van der Waals surface area contributed by atoms with Gasteiger partial charge in [-0.15, -0.1) is 0 Å². The molecule has 0 aliphatic carbocycles. The second-order valence-electron chi connectivity index (χ2n) is 5.24. The Labute approximate surface area is 113 Å². The van der Waals surface area contributed by atoms with Crippen LogP contribution in [0.2, 0.25) is 0 Å². The molecule has 1 atom stereocenters. The van der Waals surface area contributed by atoms with Crippen molar-refractivity contribution in [2.45, 2.75) is 45.7 Å². The van der Waals surface area contributed by atoms with Gasteiger partial charge < -0.3 is 19.5 Å². The normalized spacial score (nSPS) is 21.6. The minimum atomic E-state index is -0.496. The van der Waals surface area contributed by atoms with Crippen molar-refractivity contribution < 1.29 is 14.2 Å². The van der Waals surface area contributed by atoms with Crippen molar-refractivity contribution in [3.63, 3.8) is 0 Å². The second kappa shape index (κ2) is 5.71. The van der Waals surface area contributed by atoms with E-state index >= 15 is 0 Å². The summed E-state index contributed by atoms with van der Waals surface area (Å²) < 4.78 is 16.7. The number of nitrogens with zero attached hydrogens (tertiary/aromatic N) is 2. The molecular weight excluding hydrogens is 246 g/mol. The van der Waals surface area contributed by atoms with Gasteiger partial charge in [0, 0.05) is 12.6 Å². The van der Waals surface area contributed by atoms with Gasteiger partial charge in [0.2, 0.25) is 5.88 Å². The molecule has 1 aromatic rings. The van der Waals surface area contributed by atoms with E-state index in [1.165, 1.54) is 6.33 Å². The van der Waals surface area contributed by atoms with Crippen molar-refractivity contribution in [3.05, 3.63) is 12.4 Å². The van der Waals surface area contributed by atoms with Crippen molar-refractivity contribution in [2.24, 2.45) is 0 Å². The maximum Gasteiger partial charge on any atom is 0.218 e. The Bertz CT molecular complexity index is 423. The molecule has 2 rings (SSSR count). The molecule has 6 nitrogen and oxygen atoms in total. The molecule has 1 aliphatic rings. The lowest BCUT2D eigenvalue weighted by molar-refractivity contribution is -0.136. The van der Waals surface area contributed by atoms with Crippen molar-refractivity contribution in [1.29, 1.82) is 0 Å². The molecule has 0 bridgehead atoms. The fourth-order valence-electron chi connectivity index (χ4n) is 1.82. The molecule has 0 aromatic carbocycles. The largest absolute Gasteiger partial charge is 0.475 e. The molecule has 1 aliphatic heterocycles. The molecule has 106 valence electrons. The topological polar surface area (TPSA) is 65.5 Å². The quantitative estimate of drug-likeness (QED) is 0.878. The van der Waals surface area contributed by atoms with Crippen molar-refractivity contribution in [2.75, 3.05) is 18.5 Å². The van der Waals surface area contributed by atoms with E-state index in [1.54, 1.807) is 6.07 Å². The molecule has 1 N–H and O–H groups in total. The van der Waals surface area contributed by atoms with Crippen LogP contribution in [0.3, 0.4) is 0 Å². The van der Waals surface area contributed by atoms with Gasteiger partial charge in [-0.2, -0.15) is 0 Å². The molecular formula is C13H21N3O3. The van der Waals surface area contributed by atoms with E-state index < -0.39 is 5.79 Å². The van der Waals surface area contributed by atoms with E-state index in [9.17, 15) is 0 Å². The smallest absolute Gasteiger partial charge is 0.218 e. The average molecular weight is 267 g/mol. The summed E-state index contributed by atoms with van der Waals surface area (Å²) >= 11 is 0. The highest BCUT2D eigenvalue weighted by Crippen LogP contribution is 2.22. The number of rotatable bonds is 5. The van der Waals surface area contributed by atoms with E-state index in [2.05, 4.69) is 15.3 Å². The summed E-state index contributed by atoms with van der Waals surface area (Å²) in [5.41, 5.74) is 0. The number of anilines is 1. The summed E-state index contributed by atoms with van der Waals surface area (Å²) in [5.74, 6) is 0.791. The van der Waals surface area contributed by atoms with Crippen LogP contribution in [-0.4, -0.2) is 41.1 Å². The van der Waals surface area contributed by atoms with Crippen LogP contribution in [-0.2, 0) is 9.47 Å². The van der Waals surface area contributed by atoms with Gasteiger partial charge in [0.15, 0.2) is 5.79 Å². The zero-order valence-corrected chi connectivity index (χ0v) is 11.8. The Kier molecular flexibility index (Phi) is 4.21. The summed E-state index contributed by atoms with van der Waals surface area (Å²) in [5, 5.41) is 3.20. The van der Waals surface area contributed by atoms with Crippen LogP contribution >= 0.6 is 0 Å². The van der Waals surface area contributed by atoms with Crippen LogP contribution in [0.1, 0.15) is 27.7 Å². The monoisotopic (exact) mass is 267 g/mol. The van der Waals surface area contributed by atoms with Gasteiger partial charge in [0.05, 0.1) is 12.7 Å². The first-order valence-electron chi connectivity index (χ1n) is 6.49. The second-order valence-corrected chi connectivity index (χ2v) is 5.24. The molecule has 0 spiro atoms. The Morgan fingerprint density at radius 1 is 1.47 bits per heavy atom. The van der Waals surface area contributed by atoms with Crippen LogP contribution in [0, 0.1) is 0 Å². The lowest BCUT2D eigenvalue weighted by Crippen LogP contribution is -2.26. The van der Waals surface area contributed by atoms with Crippen LogP contribution in [0.4, 0.5) is 5.82 Å². The first-order chi connectivity index (χ1) is 8.94. The SMILES string of the molecule is CC(C)Oc1cc(NCC2COC(C)(C)O2)ncn1. The maximum atomic E-state index is 5.71. The Hall–Kier alpha value is -1.40. The lowest BCUT2D eigenvalue weighted by atomic mass is 10.3. The molecule has 0 saturated carbocycles. The minimum absolute atomic E-state index is 0.0273. The number of hydrogen-bond acceptors (Lipinski definition) is 6. The third-order valence-electron chi connectivity index (χ3n) is 2.58. The first-order valence-corrected chi connectivity index (χ1v) is 6.49. The average Bonchev–Trinajstić information content (AvgIpc) is 2.66. The number of hydrogen-bond donors (Lipinski definition) is 1. The fraction of sp³-hybridized carbons (Fsp3) is 0.692.